The summed E-state index contributed by atoms with van der Waals surface area (Å²) in [5.41, 5.74) is 1.82. The lowest BCUT2D eigenvalue weighted by atomic mass is 9.89. The molecule has 3 amide bonds. The van der Waals surface area contributed by atoms with Crippen molar-refractivity contribution in [3.05, 3.63) is 77.4 Å². The van der Waals surface area contributed by atoms with Gasteiger partial charge in [-0.15, -0.1) is 0 Å². The van der Waals surface area contributed by atoms with Gasteiger partial charge in [-0.2, -0.15) is 0 Å². The van der Waals surface area contributed by atoms with Crippen LogP contribution in [0.5, 0.6) is 0 Å². The van der Waals surface area contributed by atoms with Crippen molar-refractivity contribution in [2.24, 2.45) is 5.92 Å². The van der Waals surface area contributed by atoms with Gasteiger partial charge in [0.15, 0.2) is 0 Å². The van der Waals surface area contributed by atoms with Crippen LogP contribution in [0.4, 0.5) is 10.5 Å². The van der Waals surface area contributed by atoms with Crippen molar-refractivity contribution in [2.75, 3.05) is 5.32 Å². The average Bonchev–Trinajstić information content (AvgIpc) is 2.89. The average molecular weight is 574 g/mol. The van der Waals surface area contributed by atoms with Crippen LogP contribution in [-0.2, 0) is 14.3 Å². The lowest BCUT2D eigenvalue weighted by Crippen LogP contribution is -2.59. The normalized spacial score (nSPS) is 14.0. The molecule has 0 spiro atoms. The second kappa shape index (κ2) is 13.0. The van der Waals surface area contributed by atoms with E-state index >= 15 is 0 Å². The number of carbonyl (C=O) groups is 3. The Morgan fingerprint density at radius 3 is 2.12 bits per heavy atom. The number of carbonyl (C=O) groups excluding carboxylic acids is 3. The van der Waals surface area contributed by atoms with Gasteiger partial charge in [0, 0.05) is 11.2 Å². The molecule has 3 rings (SSSR count). The molecule has 0 saturated heterocycles. The molecule has 0 bridgehead atoms. The van der Waals surface area contributed by atoms with Crippen molar-refractivity contribution in [1.29, 1.82) is 0 Å². The van der Waals surface area contributed by atoms with Crippen LogP contribution in [0.25, 0.3) is 10.8 Å². The first-order valence-electron chi connectivity index (χ1n) is 14.7. The minimum Gasteiger partial charge on any atom is -0.444 e. The number of benzene rings is 3. The van der Waals surface area contributed by atoms with Gasteiger partial charge in [-0.3, -0.25) is 9.59 Å². The predicted molar refractivity (Wildman–Crippen MR) is 170 cm³/mol. The van der Waals surface area contributed by atoms with Crippen molar-refractivity contribution in [3.8, 4) is 0 Å². The summed E-state index contributed by atoms with van der Waals surface area (Å²) in [6.45, 7) is 18.9. The lowest BCUT2D eigenvalue weighted by molar-refractivity contribution is -0.148. The first-order chi connectivity index (χ1) is 19.5. The van der Waals surface area contributed by atoms with Crippen molar-refractivity contribution in [2.45, 2.75) is 98.9 Å². The standard InChI is InChI=1S/C35H47N3O4/c1-11-22(2)29(37-33(41)42-35(8,9)10)32(40)38(34(5,6)7)30(28-18-14-15-23(3)24(28)4)31(39)36-27-20-19-25-16-12-13-17-26(25)21-27/h12-22,29-30H,11H2,1-10H3,(H,36,39)(H,37,41). The van der Waals surface area contributed by atoms with Gasteiger partial charge in [0.2, 0.25) is 5.91 Å². The van der Waals surface area contributed by atoms with Crippen LogP contribution in [0.3, 0.4) is 0 Å². The fourth-order valence-corrected chi connectivity index (χ4v) is 5.06. The van der Waals surface area contributed by atoms with E-state index < -0.39 is 29.3 Å². The first-order valence-corrected chi connectivity index (χ1v) is 14.7. The maximum Gasteiger partial charge on any atom is 0.408 e. The Balaban J connectivity index is 2.13. The molecule has 0 fully saturated rings. The maximum absolute atomic E-state index is 14.6. The Morgan fingerprint density at radius 1 is 0.881 bits per heavy atom. The minimum atomic E-state index is -0.962. The number of fused-ring (bicyclic) bond motifs is 1. The number of anilines is 1. The molecule has 0 aliphatic rings. The molecule has 0 heterocycles. The quantitative estimate of drug-likeness (QED) is 0.289. The Kier molecular flexibility index (Phi) is 10.1. The maximum atomic E-state index is 14.6. The summed E-state index contributed by atoms with van der Waals surface area (Å²) in [6, 6.07) is 17.7. The van der Waals surface area contributed by atoms with Crippen molar-refractivity contribution < 1.29 is 19.1 Å². The molecule has 3 aromatic rings. The molecule has 3 unspecified atom stereocenters. The Morgan fingerprint density at radius 2 is 1.52 bits per heavy atom. The largest absolute Gasteiger partial charge is 0.444 e. The van der Waals surface area contributed by atoms with Crippen LogP contribution in [0.2, 0.25) is 0 Å². The molecular weight excluding hydrogens is 526 g/mol. The highest BCUT2D eigenvalue weighted by Crippen LogP contribution is 2.34. The smallest absolute Gasteiger partial charge is 0.408 e. The van der Waals surface area contributed by atoms with E-state index in [2.05, 4.69) is 10.6 Å². The van der Waals surface area contributed by atoms with Crippen molar-refractivity contribution >= 4 is 34.4 Å². The zero-order valence-electron chi connectivity index (χ0n) is 26.8. The van der Waals surface area contributed by atoms with Gasteiger partial charge < -0.3 is 20.3 Å². The van der Waals surface area contributed by atoms with Gasteiger partial charge in [-0.25, -0.2) is 4.79 Å². The van der Waals surface area contributed by atoms with Gasteiger partial charge in [-0.05, 0) is 101 Å². The fraction of sp³-hybridized carbons (Fsp3) is 0.457. The van der Waals surface area contributed by atoms with Gasteiger partial charge in [0.1, 0.15) is 17.7 Å². The summed E-state index contributed by atoms with van der Waals surface area (Å²) < 4.78 is 5.52. The lowest BCUT2D eigenvalue weighted by Gasteiger charge is -2.44. The number of alkyl carbamates (subject to hydrolysis) is 1. The summed E-state index contributed by atoms with van der Waals surface area (Å²) in [6.07, 6.45) is -0.0272. The van der Waals surface area contributed by atoms with E-state index in [9.17, 15) is 14.4 Å². The van der Waals surface area contributed by atoms with Crippen LogP contribution in [0.1, 0.15) is 84.5 Å². The predicted octanol–water partition coefficient (Wildman–Crippen LogP) is 7.70. The molecule has 226 valence electrons. The zero-order valence-corrected chi connectivity index (χ0v) is 26.8. The number of hydrogen-bond donors (Lipinski definition) is 2. The summed E-state index contributed by atoms with van der Waals surface area (Å²) in [5.74, 6) is -0.887. The molecule has 3 atom stereocenters. The first kappa shape index (κ1) is 32.6. The molecule has 7 nitrogen and oxygen atoms in total. The molecule has 3 aromatic carbocycles. The Hall–Kier alpha value is -3.87. The van der Waals surface area contributed by atoms with Crippen LogP contribution in [-0.4, -0.2) is 40.0 Å². The third-order valence-corrected chi connectivity index (χ3v) is 7.58. The van der Waals surface area contributed by atoms with Gasteiger partial charge in [0.25, 0.3) is 5.91 Å². The highest BCUT2D eigenvalue weighted by atomic mass is 16.6. The zero-order chi connectivity index (χ0) is 31.4. The van der Waals surface area contributed by atoms with Crippen LogP contribution in [0.15, 0.2) is 60.7 Å². The molecular formula is C35H47N3O4. The third kappa shape index (κ3) is 7.90. The van der Waals surface area contributed by atoms with E-state index in [0.717, 1.165) is 27.5 Å². The molecule has 0 aromatic heterocycles. The van der Waals surface area contributed by atoms with E-state index in [1.807, 2.05) is 109 Å². The summed E-state index contributed by atoms with van der Waals surface area (Å²) in [4.78, 5) is 43.5. The van der Waals surface area contributed by atoms with Crippen molar-refractivity contribution in [1.82, 2.24) is 10.2 Å². The highest BCUT2D eigenvalue weighted by molar-refractivity contribution is 6.01. The van der Waals surface area contributed by atoms with E-state index in [0.29, 0.717) is 12.1 Å². The molecule has 7 heteroatoms. The summed E-state index contributed by atoms with van der Waals surface area (Å²) >= 11 is 0. The van der Waals surface area contributed by atoms with Gasteiger partial charge >= 0.3 is 6.09 Å². The van der Waals surface area contributed by atoms with E-state index in [1.54, 1.807) is 25.7 Å². The monoisotopic (exact) mass is 573 g/mol. The highest BCUT2D eigenvalue weighted by Gasteiger charge is 2.43. The number of nitrogens with one attached hydrogen (secondary N) is 2. The fourth-order valence-electron chi connectivity index (χ4n) is 5.06. The number of hydrogen-bond acceptors (Lipinski definition) is 4. The second-order valence-electron chi connectivity index (χ2n) is 13.1. The molecule has 2 N–H and O–H groups in total. The van der Waals surface area contributed by atoms with Crippen molar-refractivity contribution in [3.63, 3.8) is 0 Å². The molecule has 0 aliphatic carbocycles. The van der Waals surface area contributed by atoms with Crippen LogP contribution < -0.4 is 10.6 Å². The van der Waals surface area contributed by atoms with Crippen LogP contribution in [0, 0.1) is 19.8 Å². The van der Waals surface area contributed by atoms with E-state index in [4.69, 9.17) is 4.74 Å². The Labute approximate surface area is 251 Å². The molecule has 0 aliphatic heterocycles. The van der Waals surface area contributed by atoms with E-state index in [-0.39, 0.29) is 17.7 Å². The SMILES string of the molecule is CCC(C)C(NC(=O)OC(C)(C)C)C(=O)N(C(C(=O)Nc1ccc2ccccc2c1)c1cccc(C)c1C)C(C)(C)C. The number of nitrogens with zero attached hydrogens (tertiary/aromatic N) is 1. The molecule has 0 saturated carbocycles. The number of aryl methyl sites for hydroxylation is 1. The number of rotatable bonds is 8. The topological polar surface area (TPSA) is 87.7 Å². The summed E-state index contributed by atoms with van der Waals surface area (Å²) in [7, 11) is 0. The Bertz CT molecular complexity index is 1430. The number of amides is 3. The van der Waals surface area contributed by atoms with Gasteiger partial charge in [-0.1, -0.05) is 68.8 Å². The molecule has 42 heavy (non-hydrogen) atoms. The van der Waals surface area contributed by atoms with Crippen LogP contribution >= 0.6 is 0 Å². The van der Waals surface area contributed by atoms with E-state index in [1.165, 1.54) is 0 Å². The summed E-state index contributed by atoms with van der Waals surface area (Å²) in [5, 5.41) is 8.00. The molecule has 0 radical (unpaired) electrons. The second-order valence-corrected chi connectivity index (χ2v) is 13.1. The third-order valence-electron chi connectivity index (χ3n) is 7.58. The minimum absolute atomic E-state index is 0.210. The number of ether oxygens (including phenoxy) is 1. The van der Waals surface area contributed by atoms with Gasteiger partial charge in [0.05, 0.1) is 0 Å².